The number of ether oxygens (including phenoxy) is 1. The van der Waals surface area contributed by atoms with E-state index in [1.807, 2.05) is 0 Å². The lowest BCUT2D eigenvalue weighted by Gasteiger charge is -2.24. The molecule has 0 radical (unpaired) electrons. The molecule has 0 bridgehead atoms. The number of aliphatic hydroxyl groups is 2. The Kier molecular flexibility index (Phi) is 46.1. The number of carbonyl (C=O) groups excluding carboxylic acids is 2. The molecule has 0 fully saturated rings. The van der Waals surface area contributed by atoms with Crippen LogP contribution >= 0.6 is 0 Å². The van der Waals surface area contributed by atoms with Crippen molar-refractivity contribution in [2.24, 2.45) is 0 Å². The Labute approximate surface area is 372 Å². The van der Waals surface area contributed by atoms with Crippen molar-refractivity contribution in [2.75, 3.05) is 6.61 Å². The maximum absolute atomic E-state index is 13.2. The Morgan fingerprint density at radius 1 is 0.500 bits per heavy atom. The number of hydrogen-bond acceptors (Lipinski definition) is 5. The van der Waals surface area contributed by atoms with E-state index in [0.29, 0.717) is 19.3 Å². The van der Waals surface area contributed by atoms with Crippen LogP contribution in [-0.2, 0) is 14.3 Å². The van der Waals surface area contributed by atoms with Crippen LogP contribution in [0.15, 0.2) is 48.6 Å². The molecular formula is C54H99NO5. The van der Waals surface area contributed by atoms with E-state index < -0.39 is 18.2 Å². The minimum atomic E-state index is -0.791. The number of nitrogens with one attached hydrogen (secondary N) is 1. The molecule has 0 aromatic rings. The molecule has 0 rings (SSSR count). The topological polar surface area (TPSA) is 95.9 Å². The minimum Gasteiger partial charge on any atom is -0.462 e. The van der Waals surface area contributed by atoms with E-state index in [-0.39, 0.29) is 24.9 Å². The number of amides is 1. The van der Waals surface area contributed by atoms with Crippen LogP contribution in [-0.4, -0.2) is 46.9 Å². The molecule has 0 aliphatic carbocycles. The Balaban J connectivity index is 4.61. The van der Waals surface area contributed by atoms with Crippen LogP contribution in [0.4, 0.5) is 0 Å². The Morgan fingerprint density at radius 2 is 0.917 bits per heavy atom. The van der Waals surface area contributed by atoms with Crippen LogP contribution in [0.2, 0.25) is 0 Å². The third-order valence-electron chi connectivity index (χ3n) is 11.7. The van der Waals surface area contributed by atoms with E-state index in [1.54, 1.807) is 0 Å². The molecule has 1 amide bonds. The second-order valence-corrected chi connectivity index (χ2v) is 17.6. The quantitative estimate of drug-likeness (QED) is 0.0246. The van der Waals surface area contributed by atoms with Crippen molar-refractivity contribution in [3.05, 3.63) is 48.6 Å². The molecule has 0 aliphatic rings. The van der Waals surface area contributed by atoms with Gasteiger partial charge in [-0.25, -0.2) is 0 Å². The predicted molar refractivity (Wildman–Crippen MR) is 259 cm³/mol. The fraction of sp³-hybridized carbons (Fsp3) is 0.815. The van der Waals surface area contributed by atoms with Gasteiger partial charge in [0.25, 0.3) is 0 Å². The zero-order valence-electron chi connectivity index (χ0n) is 39.8. The number of allylic oxidation sites excluding steroid dienone is 8. The third-order valence-corrected chi connectivity index (χ3v) is 11.7. The summed E-state index contributed by atoms with van der Waals surface area (Å²) < 4.78 is 5.93. The SMILES string of the molecule is CC/C=C/C=C/C=C\CCCCCCCC(=O)OC(CCCCCCCCC/C=C/CCCCCCCC)CC(=O)NC(CO)C(O)CCCCCCCCCCCCC. The zero-order valence-corrected chi connectivity index (χ0v) is 39.8. The number of carbonyl (C=O) groups is 2. The molecule has 60 heavy (non-hydrogen) atoms. The molecule has 6 nitrogen and oxygen atoms in total. The first kappa shape index (κ1) is 57.8. The number of rotatable bonds is 46. The summed E-state index contributed by atoms with van der Waals surface area (Å²) in [6.45, 7) is 6.34. The standard InChI is InChI=1S/C54H99NO5/c1-4-7-10-13-16-19-22-24-25-26-27-29-31-33-36-39-42-45-50(60-54(59)47-44-41-38-35-32-28-23-20-17-14-11-8-5-2)48-53(58)55-51(49-56)52(57)46-43-40-37-34-30-21-18-15-12-9-6-3/h8,11,14,17,20,23-25,50-52,56-57H,4-7,9-10,12-13,15-16,18-19,21-22,26-49H2,1-3H3,(H,55,58)/b11-8+,17-14+,23-20-,25-24+. The van der Waals surface area contributed by atoms with Crippen molar-refractivity contribution in [3.8, 4) is 0 Å². The monoisotopic (exact) mass is 842 g/mol. The van der Waals surface area contributed by atoms with Crippen LogP contribution in [0, 0.1) is 0 Å². The smallest absolute Gasteiger partial charge is 0.306 e. The summed E-state index contributed by atoms with van der Waals surface area (Å²) >= 11 is 0. The lowest BCUT2D eigenvalue weighted by Crippen LogP contribution is -2.46. The highest BCUT2D eigenvalue weighted by atomic mass is 16.5. The van der Waals surface area contributed by atoms with Gasteiger partial charge < -0.3 is 20.3 Å². The predicted octanol–water partition coefficient (Wildman–Crippen LogP) is 15.5. The van der Waals surface area contributed by atoms with Crippen molar-refractivity contribution in [2.45, 2.75) is 277 Å². The van der Waals surface area contributed by atoms with Gasteiger partial charge in [-0.2, -0.15) is 0 Å². The van der Waals surface area contributed by atoms with Crippen molar-refractivity contribution in [1.82, 2.24) is 5.32 Å². The molecule has 0 saturated heterocycles. The van der Waals surface area contributed by atoms with E-state index in [4.69, 9.17) is 4.74 Å². The van der Waals surface area contributed by atoms with Crippen molar-refractivity contribution in [1.29, 1.82) is 0 Å². The fourth-order valence-corrected chi connectivity index (χ4v) is 7.78. The molecule has 3 N–H and O–H groups in total. The number of esters is 1. The van der Waals surface area contributed by atoms with E-state index in [1.165, 1.54) is 128 Å². The van der Waals surface area contributed by atoms with Gasteiger partial charge in [-0.15, -0.1) is 0 Å². The molecule has 3 unspecified atom stereocenters. The molecule has 0 saturated carbocycles. The van der Waals surface area contributed by atoms with Crippen LogP contribution < -0.4 is 5.32 Å². The maximum Gasteiger partial charge on any atom is 0.306 e. The van der Waals surface area contributed by atoms with Gasteiger partial charge >= 0.3 is 5.97 Å². The summed E-state index contributed by atoms with van der Waals surface area (Å²) in [5, 5.41) is 23.7. The summed E-state index contributed by atoms with van der Waals surface area (Å²) in [6, 6.07) is -0.706. The van der Waals surface area contributed by atoms with Crippen LogP contribution in [0.1, 0.15) is 258 Å². The van der Waals surface area contributed by atoms with Gasteiger partial charge in [-0.1, -0.05) is 223 Å². The second-order valence-electron chi connectivity index (χ2n) is 17.6. The Hall–Kier alpha value is -2.18. The van der Waals surface area contributed by atoms with E-state index in [0.717, 1.165) is 83.5 Å². The molecule has 0 aromatic carbocycles. The van der Waals surface area contributed by atoms with E-state index in [2.05, 4.69) is 74.7 Å². The average Bonchev–Trinajstić information content (AvgIpc) is 3.24. The summed E-state index contributed by atoms with van der Waals surface area (Å²) in [5.41, 5.74) is 0. The first-order chi connectivity index (χ1) is 29.5. The van der Waals surface area contributed by atoms with Gasteiger partial charge in [-0.3, -0.25) is 9.59 Å². The summed E-state index contributed by atoms with van der Waals surface area (Å²) in [5.74, 6) is -0.497. The number of aliphatic hydroxyl groups excluding tert-OH is 2. The van der Waals surface area contributed by atoms with Gasteiger partial charge in [0.2, 0.25) is 5.91 Å². The Morgan fingerprint density at radius 3 is 1.40 bits per heavy atom. The normalized spacial score (nSPS) is 13.6. The zero-order chi connectivity index (χ0) is 43.8. The lowest BCUT2D eigenvalue weighted by molar-refractivity contribution is -0.151. The molecule has 0 spiro atoms. The fourth-order valence-electron chi connectivity index (χ4n) is 7.78. The van der Waals surface area contributed by atoms with Crippen molar-refractivity contribution in [3.63, 3.8) is 0 Å². The molecule has 0 aliphatic heterocycles. The largest absolute Gasteiger partial charge is 0.462 e. The third kappa shape index (κ3) is 42.5. The van der Waals surface area contributed by atoms with Gasteiger partial charge in [0.05, 0.1) is 25.2 Å². The highest BCUT2D eigenvalue weighted by Gasteiger charge is 2.24. The molecular weight excluding hydrogens is 743 g/mol. The summed E-state index contributed by atoms with van der Waals surface area (Å²) in [6.07, 6.45) is 57.4. The molecule has 350 valence electrons. The van der Waals surface area contributed by atoms with Crippen molar-refractivity contribution < 1.29 is 24.5 Å². The highest BCUT2D eigenvalue weighted by Crippen LogP contribution is 2.18. The molecule has 0 heterocycles. The van der Waals surface area contributed by atoms with Gasteiger partial charge in [0.1, 0.15) is 6.10 Å². The summed E-state index contributed by atoms with van der Waals surface area (Å²) in [4.78, 5) is 26.1. The average molecular weight is 842 g/mol. The highest BCUT2D eigenvalue weighted by molar-refractivity contribution is 5.77. The molecule has 0 aromatic heterocycles. The number of unbranched alkanes of at least 4 members (excludes halogenated alkanes) is 28. The number of hydrogen-bond donors (Lipinski definition) is 3. The van der Waals surface area contributed by atoms with Crippen LogP contribution in [0.25, 0.3) is 0 Å². The summed E-state index contributed by atoms with van der Waals surface area (Å²) in [7, 11) is 0. The first-order valence-corrected chi connectivity index (χ1v) is 25.9. The van der Waals surface area contributed by atoms with Gasteiger partial charge in [-0.05, 0) is 70.6 Å². The van der Waals surface area contributed by atoms with Crippen LogP contribution in [0.5, 0.6) is 0 Å². The molecule has 6 heteroatoms. The Bertz CT molecular complexity index is 1040. The molecule has 3 atom stereocenters. The van der Waals surface area contributed by atoms with Gasteiger partial charge in [0.15, 0.2) is 0 Å². The van der Waals surface area contributed by atoms with E-state index >= 15 is 0 Å². The van der Waals surface area contributed by atoms with Crippen LogP contribution in [0.3, 0.4) is 0 Å². The first-order valence-electron chi connectivity index (χ1n) is 25.9. The van der Waals surface area contributed by atoms with Gasteiger partial charge in [0, 0.05) is 6.42 Å². The minimum absolute atomic E-state index is 0.0668. The van der Waals surface area contributed by atoms with Crippen molar-refractivity contribution >= 4 is 11.9 Å². The van der Waals surface area contributed by atoms with E-state index in [9.17, 15) is 19.8 Å². The maximum atomic E-state index is 13.2. The lowest BCUT2D eigenvalue weighted by atomic mass is 10.0. The second kappa shape index (κ2) is 47.9.